The molecule has 0 aromatic heterocycles. The first-order valence-electron chi connectivity index (χ1n) is 9.33. The number of nitrogens with one attached hydrogen (secondary N) is 2. The average molecular weight is 436 g/mol. The summed E-state index contributed by atoms with van der Waals surface area (Å²) in [6.07, 6.45) is 3.15. The second kappa shape index (κ2) is 10.2. The van der Waals surface area contributed by atoms with Gasteiger partial charge in [-0.15, -0.1) is 0 Å². The van der Waals surface area contributed by atoms with Gasteiger partial charge in [-0.05, 0) is 54.1 Å². The van der Waals surface area contributed by atoms with E-state index in [1.165, 1.54) is 42.6 Å². The molecule has 8 heteroatoms. The molecule has 0 atom stereocenters. The first kappa shape index (κ1) is 21.8. The Bertz CT molecular complexity index is 1170. The molecule has 1 amide bonds. The van der Waals surface area contributed by atoms with E-state index in [4.69, 9.17) is 4.74 Å². The summed E-state index contributed by atoms with van der Waals surface area (Å²) in [5, 5.41) is 3.95. The quantitative estimate of drug-likeness (QED) is 0.303. The summed E-state index contributed by atoms with van der Waals surface area (Å²) in [6, 6.07) is 21.3. The zero-order chi connectivity index (χ0) is 22.1. The summed E-state index contributed by atoms with van der Waals surface area (Å²) in [5.74, 6) is 0.247. The molecular weight excluding hydrogens is 414 g/mol. The minimum Gasteiger partial charge on any atom is -0.490 e. The van der Waals surface area contributed by atoms with Crippen LogP contribution in [0.5, 0.6) is 5.75 Å². The van der Waals surface area contributed by atoms with Gasteiger partial charge >= 0.3 is 0 Å². The first-order chi connectivity index (χ1) is 15.0. The SMILES string of the molecule is C=CCOc1cccc(C=NNC(=O)c2ccc(NS(=O)(=O)c3ccccc3)cc2)c1. The van der Waals surface area contributed by atoms with Crippen molar-refractivity contribution in [2.45, 2.75) is 4.90 Å². The van der Waals surface area contributed by atoms with Gasteiger partial charge in [0.2, 0.25) is 0 Å². The Balaban J connectivity index is 1.59. The number of carbonyl (C=O) groups excluding carboxylic acids is 1. The molecule has 7 nitrogen and oxygen atoms in total. The van der Waals surface area contributed by atoms with Crippen LogP contribution in [-0.2, 0) is 10.0 Å². The highest BCUT2D eigenvalue weighted by Crippen LogP contribution is 2.16. The Morgan fingerprint density at radius 3 is 2.45 bits per heavy atom. The van der Waals surface area contributed by atoms with Gasteiger partial charge in [-0.25, -0.2) is 13.8 Å². The molecular formula is C23H21N3O4S. The van der Waals surface area contributed by atoms with E-state index in [2.05, 4.69) is 21.8 Å². The van der Waals surface area contributed by atoms with Gasteiger partial charge in [-0.1, -0.05) is 43.0 Å². The maximum Gasteiger partial charge on any atom is 0.271 e. The number of benzene rings is 3. The molecule has 0 spiro atoms. The Morgan fingerprint density at radius 1 is 1.00 bits per heavy atom. The molecule has 158 valence electrons. The summed E-state index contributed by atoms with van der Waals surface area (Å²) in [7, 11) is -3.69. The number of nitrogens with zero attached hydrogens (tertiary/aromatic N) is 1. The average Bonchev–Trinajstić information content (AvgIpc) is 2.79. The zero-order valence-corrected chi connectivity index (χ0v) is 17.4. The molecule has 3 aromatic carbocycles. The molecule has 0 heterocycles. The van der Waals surface area contributed by atoms with E-state index in [9.17, 15) is 13.2 Å². The highest BCUT2D eigenvalue weighted by atomic mass is 32.2. The third kappa shape index (κ3) is 6.28. The van der Waals surface area contributed by atoms with Crippen LogP contribution in [-0.4, -0.2) is 27.1 Å². The number of hydrazone groups is 1. The molecule has 2 N–H and O–H groups in total. The van der Waals surface area contributed by atoms with E-state index in [0.29, 0.717) is 23.6 Å². The van der Waals surface area contributed by atoms with Crippen LogP contribution in [0, 0.1) is 0 Å². The van der Waals surface area contributed by atoms with Gasteiger partial charge in [-0.2, -0.15) is 5.10 Å². The molecule has 0 unspecified atom stereocenters. The predicted octanol–water partition coefficient (Wildman–Crippen LogP) is 3.82. The number of anilines is 1. The Hall–Kier alpha value is -3.91. The number of hydrogen-bond acceptors (Lipinski definition) is 5. The Labute approximate surface area is 181 Å². The van der Waals surface area contributed by atoms with E-state index in [1.807, 2.05) is 18.2 Å². The molecule has 0 bridgehead atoms. The first-order valence-corrected chi connectivity index (χ1v) is 10.8. The number of carbonyl (C=O) groups is 1. The number of sulfonamides is 1. The van der Waals surface area contributed by atoms with Crippen LogP contribution < -0.4 is 14.9 Å². The van der Waals surface area contributed by atoms with Crippen LogP contribution in [0.3, 0.4) is 0 Å². The second-order valence-electron chi connectivity index (χ2n) is 6.37. The van der Waals surface area contributed by atoms with Crippen molar-refractivity contribution in [2.24, 2.45) is 5.10 Å². The molecule has 0 fully saturated rings. The predicted molar refractivity (Wildman–Crippen MR) is 121 cm³/mol. The van der Waals surface area contributed by atoms with E-state index >= 15 is 0 Å². The monoisotopic (exact) mass is 435 g/mol. The summed E-state index contributed by atoms with van der Waals surface area (Å²) < 4.78 is 32.6. The fraction of sp³-hybridized carbons (Fsp3) is 0.0435. The van der Waals surface area contributed by atoms with Crippen molar-refractivity contribution in [1.29, 1.82) is 0 Å². The van der Waals surface area contributed by atoms with Gasteiger partial charge < -0.3 is 4.74 Å². The minimum atomic E-state index is -3.69. The van der Waals surface area contributed by atoms with Crippen LogP contribution >= 0.6 is 0 Å². The van der Waals surface area contributed by atoms with Gasteiger partial charge in [0, 0.05) is 11.3 Å². The normalized spacial score (nSPS) is 11.1. The third-order valence-corrected chi connectivity index (χ3v) is 5.46. The van der Waals surface area contributed by atoms with Crippen molar-refractivity contribution >= 4 is 27.8 Å². The third-order valence-electron chi connectivity index (χ3n) is 4.06. The lowest BCUT2D eigenvalue weighted by Crippen LogP contribution is -2.18. The molecule has 0 saturated heterocycles. The molecule has 0 radical (unpaired) electrons. The lowest BCUT2D eigenvalue weighted by atomic mass is 10.2. The molecule has 0 aliphatic heterocycles. The molecule has 31 heavy (non-hydrogen) atoms. The molecule has 0 aliphatic rings. The second-order valence-corrected chi connectivity index (χ2v) is 8.05. The molecule has 0 saturated carbocycles. The number of hydrogen-bond donors (Lipinski definition) is 2. The van der Waals surface area contributed by atoms with Gasteiger partial charge in [0.15, 0.2) is 0 Å². The maximum absolute atomic E-state index is 12.4. The highest BCUT2D eigenvalue weighted by molar-refractivity contribution is 7.92. The zero-order valence-electron chi connectivity index (χ0n) is 16.6. The summed E-state index contributed by atoms with van der Waals surface area (Å²) in [4.78, 5) is 12.4. The Morgan fingerprint density at radius 2 is 1.74 bits per heavy atom. The minimum absolute atomic E-state index is 0.158. The van der Waals surface area contributed by atoms with E-state index in [0.717, 1.165) is 5.56 Å². The fourth-order valence-corrected chi connectivity index (χ4v) is 3.65. The smallest absolute Gasteiger partial charge is 0.271 e. The summed E-state index contributed by atoms with van der Waals surface area (Å²) in [6.45, 7) is 4.00. The van der Waals surface area contributed by atoms with E-state index in [1.54, 1.807) is 30.3 Å². The van der Waals surface area contributed by atoms with Crippen LogP contribution in [0.1, 0.15) is 15.9 Å². The van der Waals surface area contributed by atoms with Crippen LogP contribution in [0.15, 0.2) is 102 Å². The van der Waals surface area contributed by atoms with Crippen molar-refractivity contribution < 1.29 is 17.9 Å². The lowest BCUT2D eigenvalue weighted by molar-refractivity contribution is 0.0955. The summed E-state index contributed by atoms with van der Waals surface area (Å²) >= 11 is 0. The van der Waals surface area contributed by atoms with Gasteiger partial charge in [0.05, 0.1) is 11.1 Å². The fourth-order valence-electron chi connectivity index (χ4n) is 2.57. The molecule has 3 rings (SSSR count). The van der Waals surface area contributed by atoms with E-state index < -0.39 is 15.9 Å². The largest absolute Gasteiger partial charge is 0.490 e. The molecule has 0 aliphatic carbocycles. The maximum atomic E-state index is 12.4. The topological polar surface area (TPSA) is 96.9 Å². The van der Waals surface area contributed by atoms with E-state index in [-0.39, 0.29) is 4.90 Å². The van der Waals surface area contributed by atoms with Crippen molar-refractivity contribution in [2.75, 3.05) is 11.3 Å². The van der Waals surface area contributed by atoms with Crippen molar-refractivity contribution in [3.63, 3.8) is 0 Å². The van der Waals surface area contributed by atoms with Gasteiger partial charge in [0.25, 0.3) is 15.9 Å². The van der Waals surface area contributed by atoms with Crippen molar-refractivity contribution in [3.8, 4) is 5.75 Å². The highest BCUT2D eigenvalue weighted by Gasteiger charge is 2.13. The van der Waals surface area contributed by atoms with Crippen molar-refractivity contribution in [1.82, 2.24) is 5.43 Å². The number of rotatable bonds is 9. The molecule has 3 aromatic rings. The lowest BCUT2D eigenvalue weighted by Gasteiger charge is -2.08. The van der Waals surface area contributed by atoms with Crippen LogP contribution in [0.25, 0.3) is 0 Å². The number of ether oxygens (including phenoxy) is 1. The Kier molecular flexibility index (Phi) is 7.18. The van der Waals surface area contributed by atoms with Gasteiger partial charge in [0.1, 0.15) is 12.4 Å². The number of amides is 1. The van der Waals surface area contributed by atoms with Crippen LogP contribution in [0.4, 0.5) is 5.69 Å². The van der Waals surface area contributed by atoms with Crippen LogP contribution in [0.2, 0.25) is 0 Å². The standard InChI is InChI=1S/C23H21N3O4S/c1-2-15-30-21-8-6-7-18(16-21)17-24-25-23(27)19-11-13-20(14-12-19)26-31(28,29)22-9-4-3-5-10-22/h2-14,16-17,26H,1,15H2,(H,25,27). The van der Waals surface area contributed by atoms with Crippen molar-refractivity contribution in [3.05, 3.63) is 103 Å². The van der Waals surface area contributed by atoms with Gasteiger partial charge in [-0.3, -0.25) is 9.52 Å². The summed E-state index contributed by atoms with van der Waals surface area (Å²) in [5.41, 5.74) is 3.88.